The fourth-order valence-electron chi connectivity index (χ4n) is 0.430. The van der Waals surface area contributed by atoms with Gasteiger partial charge in [0.05, 0.1) is 0 Å². The minimum atomic E-state index is -0.0139. The summed E-state index contributed by atoms with van der Waals surface area (Å²) >= 11 is 0. The highest BCUT2D eigenvalue weighted by atomic mass is 16.6. The maximum absolute atomic E-state index is 4.83. The first-order valence-electron chi connectivity index (χ1n) is 2.40. The molecule has 0 radical (unpaired) electrons. The van der Waals surface area contributed by atoms with Gasteiger partial charge in [0.25, 0.3) is 0 Å². The lowest BCUT2D eigenvalue weighted by atomic mass is 9.86. The Labute approximate surface area is 45.0 Å². The van der Waals surface area contributed by atoms with Crippen LogP contribution in [0, 0.1) is 0 Å². The van der Waals surface area contributed by atoms with Crippen LogP contribution < -0.4 is 0 Å². The van der Waals surface area contributed by atoms with E-state index in [1.807, 2.05) is 6.92 Å². The molecule has 0 aromatic carbocycles. The van der Waals surface area contributed by atoms with Gasteiger partial charge in [0.15, 0.2) is 0 Å². The van der Waals surface area contributed by atoms with Gasteiger partial charge in [-0.15, -0.1) is 0 Å². The van der Waals surface area contributed by atoms with Crippen LogP contribution in [0.2, 0.25) is 6.32 Å². The molecule has 3 heteroatoms. The second-order valence-corrected chi connectivity index (χ2v) is 1.31. The van der Waals surface area contributed by atoms with Gasteiger partial charge in [0.1, 0.15) is 0 Å². The minimum Gasteiger partial charge on any atom is -0.414 e. The lowest BCUT2D eigenvalue weighted by Gasteiger charge is -2.02. The van der Waals surface area contributed by atoms with Crippen LogP contribution in [0.1, 0.15) is 6.92 Å². The Balaban J connectivity index is 2.99. The van der Waals surface area contributed by atoms with Gasteiger partial charge in [-0.1, -0.05) is 6.92 Å². The molecule has 7 heavy (non-hydrogen) atoms. The molecule has 0 aromatic rings. The average Bonchev–Trinajstić information content (AvgIpc) is 1.72. The zero-order valence-corrected chi connectivity index (χ0v) is 5.10. The lowest BCUT2D eigenvalue weighted by molar-refractivity contribution is 0.279. The molecule has 0 heterocycles. The fourth-order valence-corrected chi connectivity index (χ4v) is 0.430. The summed E-state index contributed by atoms with van der Waals surface area (Å²) in [7, 11) is 3.26. The summed E-state index contributed by atoms with van der Waals surface area (Å²) < 4.78 is 9.65. The van der Waals surface area contributed by atoms with Crippen LogP contribution in [0.4, 0.5) is 0 Å². The van der Waals surface area contributed by atoms with Crippen molar-refractivity contribution in [3.63, 3.8) is 0 Å². The van der Waals surface area contributed by atoms with Crippen molar-refractivity contribution in [3.05, 3.63) is 0 Å². The number of hydrogen-bond acceptors (Lipinski definition) is 2. The molecule has 2 nitrogen and oxygen atoms in total. The lowest BCUT2D eigenvalue weighted by Crippen LogP contribution is -2.16. The van der Waals surface area contributed by atoms with Gasteiger partial charge in [-0.2, -0.15) is 0 Å². The van der Waals surface area contributed by atoms with Crippen molar-refractivity contribution in [3.8, 4) is 0 Å². The van der Waals surface area contributed by atoms with E-state index in [4.69, 9.17) is 9.31 Å². The standard InChI is InChI=1S/C4H11BO2/c1-4-5(6-2)7-3/h4H2,1-3H3. The molecule has 0 saturated heterocycles. The van der Waals surface area contributed by atoms with E-state index in [9.17, 15) is 0 Å². The summed E-state index contributed by atoms with van der Waals surface area (Å²) in [6.07, 6.45) is 0.910. The van der Waals surface area contributed by atoms with Crippen LogP contribution >= 0.6 is 0 Å². The van der Waals surface area contributed by atoms with Gasteiger partial charge in [-0.25, -0.2) is 0 Å². The Morgan fingerprint density at radius 1 is 1.29 bits per heavy atom. The highest BCUT2D eigenvalue weighted by Crippen LogP contribution is 1.89. The molecular weight excluding hydrogens is 90.9 g/mol. The summed E-state index contributed by atoms with van der Waals surface area (Å²) in [4.78, 5) is 0. The third kappa shape index (κ3) is 2.65. The van der Waals surface area contributed by atoms with Gasteiger partial charge in [-0.05, 0) is 6.32 Å². The first-order valence-corrected chi connectivity index (χ1v) is 2.40. The third-order valence-corrected chi connectivity index (χ3v) is 0.859. The van der Waals surface area contributed by atoms with E-state index < -0.39 is 0 Å². The Morgan fingerprint density at radius 2 is 1.71 bits per heavy atom. The Bertz CT molecular complexity index is 31.2. The van der Waals surface area contributed by atoms with Crippen molar-refractivity contribution in [2.24, 2.45) is 0 Å². The van der Waals surface area contributed by atoms with Gasteiger partial charge >= 0.3 is 7.12 Å². The quantitative estimate of drug-likeness (QED) is 0.490. The second-order valence-electron chi connectivity index (χ2n) is 1.31. The molecule has 0 spiro atoms. The van der Waals surface area contributed by atoms with Crippen LogP contribution in [0.3, 0.4) is 0 Å². The normalized spacial score (nSPS) is 9.00. The number of hydrogen-bond donors (Lipinski definition) is 0. The van der Waals surface area contributed by atoms with Crippen molar-refractivity contribution < 1.29 is 9.31 Å². The molecule has 0 rings (SSSR count). The van der Waals surface area contributed by atoms with E-state index in [1.165, 1.54) is 0 Å². The largest absolute Gasteiger partial charge is 0.456 e. The van der Waals surface area contributed by atoms with Crippen molar-refractivity contribution >= 4 is 7.12 Å². The monoisotopic (exact) mass is 102 g/mol. The highest BCUT2D eigenvalue weighted by molar-refractivity contribution is 6.44. The summed E-state index contributed by atoms with van der Waals surface area (Å²) in [6, 6.07) is 0. The maximum atomic E-state index is 4.83. The zero-order valence-electron chi connectivity index (χ0n) is 5.10. The Kier molecular flexibility index (Phi) is 4.14. The van der Waals surface area contributed by atoms with E-state index in [-0.39, 0.29) is 7.12 Å². The molecule has 0 saturated carbocycles. The van der Waals surface area contributed by atoms with Crippen LogP contribution in [0.15, 0.2) is 0 Å². The summed E-state index contributed by atoms with van der Waals surface area (Å²) in [5, 5.41) is 0. The fraction of sp³-hybridized carbons (Fsp3) is 1.00. The summed E-state index contributed by atoms with van der Waals surface area (Å²) in [6.45, 7) is 2.01. The van der Waals surface area contributed by atoms with Crippen LogP contribution in [-0.2, 0) is 9.31 Å². The first kappa shape index (κ1) is 6.98. The van der Waals surface area contributed by atoms with Crippen molar-refractivity contribution in [1.29, 1.82) is 0 Å². The summed E-state index contributed by atoms with van der Waals surface area (Å²) in [5.41, 5.74) is 0. The SMILES string of the molecule is CCB(OC)OC. The van der Waals surface area contributed by atoms with Crippen molar-refractivity contribution in [2.45, 2.75) is 13.2 Å². The molecular formula is C4H11BO2. The van der Waals surface area contributed by atoms with Gasteiger partial charge in [0, 0.05) is 14.2 Å². The maximum Gasteiger partial charge on any atom is 0.456 e. The van der Waals surface area contributed by atoms with Gasteiger partial charge < -0.3 is 9.31 Å². The molecule has 0 atom stereocenters. The predicted octanol–water partition coefficient (Wildman–Crippen LogP) is 0.787. The van der Waals surface area contributed by atoms with Crippen molar-refractivity contribution in [2.75, 3.05) is 14.2 Å². The van der Waals surface area contributed by atoms with E-state index in [2.05, 4.69) is 0 Å². The van der Waals surface area contributed by atoms with E-state index in [0.717, 1.165) is 6.32 Å². The first-order chi connectivity index (χ1) is 3.35. The molecule has 0 unspecified atom stereocenters. The zero-order chi connectivity index (χ0) is 5.70. The third-order valence-electron chi connectivity index (χ3n) is 0.859. The Morgan fingerprint density at radius 3 is 1.71 bits per heavy atom. The van der Waals surface area contributed by atoms with Crippen LogP contribution in [-0.4, -0.2) is 21.3 Å². The van der Waals surface area contributed by atoms with Crippen LogP contribution in [0.25, 0.3) is 0 Å². The smallest absolute Gasteiger partial charge is 0.414 e. The molecule has 42 valence electrons. The second kappa shape index (κ2) is 4.15. The molecule has 0 fully saturated rings. The topological polar surface area (TPSA) is 18.5 Å². The van der Waals surface area contributed by atoms with E-state index in [1.54, 1.807) is 14.2 Å². The molecule has 0 aliphatic carbocycles. The molecule has 0 aliphatic rings. The number of rotatable bonds is 3. The van der Waals surface area contributed by atoms with Crippen molar-refractivity contribution in [1.82, 2.24) is 0 Å². The predicted molar refractivity (Wildman–Crippen MR) is 30.3 cm³/mol. The Hall–Kier alpha value is -0.0151. The molecule has 0 aliphatic heterocycles. The summed E-state index contributed by atoms with van der Waals surface area (Å²) in [5.74, 6) is 0. The molecule has 0 amide bonds. The molecule has 0 N–H and O–H groups in total. The van der Waals surface area contributed by atoms with E-state index in [0.29, 0.717) is 0 Å². The minimum absolute atomic E-state index is 0.0139. The van der Waals surface area contributed by atoms with E-state index >= 15 is 0 Å². The van der Waals surface area contributed by atoms with Gasteiger partial charge in [-0.3, -0.25) is 0 Å². The average molecular weight is 102 g/mol. The molecule has 0 aromatic heterocycles. The highest BCUT2D eigenvalue weighted by Gasteiger charge is 2.07. The van der Waals surface area contributed by atoms with Gasteiger partial charge in [0.2, 0.25) is 0 Å². The molecule has 0 bridgehead atoms. The van der Waals surface area contributed by atoms with Crippen LogP contribution in [0.5, 0.6) is 0 Å².